The van der Waals surface area contributed by atoms with E-state index in [1.165, 1.54) is 0 Å². The molecule has 2 aromatic rings. The Kier molecular flexibility index (Phi) is 7.09. The van der Waals surface area contributed by atoms with Crippen LogP contribution in [0.25, 0.3) is 10.9 Å². The van der Waals surface area contributed by atoms with Gasteiger partial charge in [-0.25, -0.2) is 9.97 Å². The molecule has 0 spiro atoms. The minimum atomic E-state index is -0.140. The molecular weight excluding hydrogens is 326 g/mol. The SMILES string of the molecule is CCCN(CC)c1nc(C)nc2cc(NC(=O)/C=C/CN(C)C)ccc12. The van der Waals surface area contributed by atoms with Gasteiger partial charge in [-0.1, -0.05) is 13.0 Å². The Bertz CT molecular complexity index is 785. The molecule has 26 heavy (non-hydrogen) atoms. The summed E-state index contributed by atoms with van der Waals surface area (Å²) < 4.78 is 0. The summed E-state index contributed by atoms with van der Waals surface area (Å²) >= 11 is 0. The van der Waals surface area contributed by atoms with Crippen molar-refractivity contribution in [3.63, 3.8) is 0 Å². The summed E-state index contributed by atoms with van der Waals surface area (Å²) in [7, 11) is 3.92. The molecule has 0 saturated carbocycles. The molecule has 0 aliphatic heterocycles. The number of carbonyl (C=O) groups excluding carboxylic acids is 1. The number of hydrogen-bond donors (Lipinski definition) is 1. The van der Waals surface area contributed by atoms with Crippen molar-refractivity contribution >= 4 is 28.3 Å². The zero-order valence-corrected chi connectivity index (χ0v) is 16.4. The van der Waals surface area contributed by atoms with Gasteiger partial charge in [0.25, 0.3) is 0 Å². The van der Waals surface area contributed by atoms with E-state index in [-0.39, 0.29) is 5.91 Å². The van der Waals surface area contributed by atoms with E-state index in [0.29, 0.717) is 0 Å². The number of hydrogen-bond acceptors (Lipinski definition) is 5. The zero-order chi connectivity index (χ0) is 19.1. The molecule has 0 fully saturated rings. The first-order chi connectivity index (χ1) is 12.4. The normalized spacial score (nSPS) is 11.5. The number of fused-ring (bicyclic) bond motifs is 1. The van der Waals surface area contributed by atoms with Gasteiger partial charge in [-0.15, -0.1) is 0 Å². The maximum absolute atomic E-state index is 12.0. The highest BCUT2D eigenvalue weighted by molar-refractivity contribution is 6.01. The first-order valence-electron chi connectivity index (χ1n) is 9.10. The van der Waals surface area contributed by atoms with Gasteiger partial charge in [-0.3, -0.25) is 4.79 Å². The van der Waals surface area contributed by atoms with E-state index in [1.807, 2.05) is 50.2 Å². The summed E-state index contributed by atoms with van der Waals surface area (Å²) in [5.41, 5.74) is 1.58. The monoisotopic (exact) mass is 355 g/mol. The van der Waals surface area contributed by atoms with Crippen LogP contribution in [0.4, 0.5) is 11.5 Å². The van der Waals surface area contributed by atoms with Gasteiger partial charge in [0.2, 0.25) is 5.91 Å². The van der Waals surface area contributed by atoms with Crippen molar-refractivity contribution in [1.82, 2.24) is 14.9 Å². The third-order valence-corrected chi connectivity index (χ3v) is 3.97. The molecule has 0 aliphatic carbocycles. The van der Waals surface area contributed by atoms with Crippen LogP contribution in [0.2, 0.25) is 0 Å². The highest BCUT2D eigenvalue weighted by Gasteiger charge is 2.12. The van der Waals surface area contributed by atoms with E-state index in [4.69, 9.17) is 0 Å². The summed E-state index contributed by atoms with van der Waals surface area (Å²) in [6.07, 6.45) is 4.46. The van der Waals surface area contributed by atoms with Crippen LogP contribution in [-0.4, -0.2) is 54.5 Å². The van der Waals surface area contributed by atoms with Crippen LogP contribution in [-0.2, 0) is 4.79 Å². The number of rotatable bonds is 8. The molecule has 1 aromatic heterocycles. The lowest BCUT2D eigenvalue weighted by Crippen LogP contribution is -2.25. The Morgan fingerprint density at radius 3 is 2.65 bits per heavy atom. The third-order valence-electron chi connectivity index (χ3n) is 3.97. The fraction of sp³-hybridized carbons (Fsp3) is 0.450. The molecule has 1 N–H and O–H groups in total. The Labute approximate surface area is 155 Å². The summed E-state index contributed by atoms with van der Waals surface area (Å²) in [6.45, 7) is 8.78. The number of aryl methyl sites for hydroxylation is 1. The van der Waals surface area contributed by atoms with Gasteiger partial charge in [0.15, 0.2) is 0 Å². The predicted octanol–water partition coefficient (Wildman–Crippen LogP) is 3.23. The molecule has 0 saturated heterocycles. The largest absolute Gasteiger partial charge is 0.356 e. The minimum absolute atomic E-state index is 0.140. The van der Waals surface area contributed by atoms with Crippen molar-refractivity contribution in [2.24, 2.45) is 0 Å². The standard InChI is InChI=1S/C20H29N5O/c1-6-12-25(7-2)20-17-11-10-16(14-18(17)21-15(3)22-20)23-19(26)9-8-13-24(4)5/h8-11,14H,6-7,12-13H2,1-5H3,(H,23,26)/b9-8+. The minimum Gasteiger partial charge on any atom is -0.356 e. The average Bonchev–Trinajstić information content (AvgIpc) is 2.58. The van der Waals surface area contributed by atoms with Crippen molar-refractivity contribution in [2.45, 2.75) is 27.2 Å². The van der Waals surface area contributed by atoms with Crippen molar-refractivity contribution < 1.29 is 4.79 Å². The van der Waals surface area contributed by atoms with Gasteiger partial charge in [0, 0.05) is 36.8 Å². The quantitative estimate of drug-likeness (QED) is 0.737. The van der Waals surface area contributed by atoms with Crippen molar-refractivity contribution in [2.75, 3.05) is 43.9 Å². The fourth-order valence-electron chi connectivity index (χ4n) is 2.78. The lowest BCUT2D eigenvalue weighted by molar-refractivity contribution is -0.111. The van der Waals surface area contributed by atoms with Crippen LogP contribution in [0.15, 0.2) is 30.4 Å². The van der Waals surface area contributed by atoms with Crippen LogP contribution in [0.1, 0.15) is 26.1 Å². The lowest BCUT2D eigenvalue weighted by atomic mass is 10.2. The summed E-state index contributed by atoms with van der Waals surface area (Å²) in [6, 6.07) is 5.80. The number of carbonyl (C=O) groups is 1. The van der Waals surface area contributed by atoms with Gasteiger partial charge >= 0.3 is 0 Å². The van der Waals surface area contributed by atoms with Crippen LogP contribution in [0, 0.1) is 6.92 Å². The van der Waals surface area contributed by atoms with E-state index in [0.717, 1.165) is 54.3 Å². The van der Waals surface area contributed by atoms with E-state index in [2.05, 4.69) is 34.0 Å². The van der Waals surface area contributed by atoms with E-state index < -0.39 is 0 Å². The molecule has 0 aliphatic rings. The highest BCUT2D eigenvalue weighted by Crippen LogP contribution is 2.26. The number of aromatic nitrogens is 2. The summed E-state index contributed by atoms with van der Waals surface area (Å²) in [5.74, 6) is 1.55. The Hall–Kier alpha value is -2.47. The number of benzene rings is 1. The average molecular weight is 355 g/mol. The molecule has 0 unspecified atom stereocenters. The number of anilines is 2. The number of nitrogens with one attached hydrogen (secondary N) is 1. The van der Waals surface area contributed by atoms with Crippen molar-refractivity contribution in [3.8, 4) is 0 Å². The lowest BCUT2D eigenvalue weighted by Gasteiger charge is -2.23. The molecule has 6 nitrogen and oxygen atoms in total. The summed E-state index contributed by atoms with van der Waals surface area (Å²) in [4.78, 5) is 25.5. The maximum Gasteiger partial charge on any atom is 0.248 e. The second-order valence-electron chi connectivity index (χ2n) is 6.56. The fourth-order valence-corrected chi connectivity index (χ4v) is 2.78. The molecule has 140 valence electrons. The predicted molar refractivity (Wildman–Crippen MR) is 109 cm³/mol. The molecule has 1 amide bonds. The first kappa shape index (κ1) is 19.8. The zero-order valence-electron chi connectivity index (χ0n) is 16.4. The molecular formula is C20H29N5O. The maximum atomic E-state index is 12.0. The number of amides is 1. The van der Waals surface area contributed by atoms with Crippen LogP contribution in [0.5, 0.6) is 0 Å². The highest BCUT2D eigenvalue weighted by atomic mass is 16.1. The Morgan fingerprint density at radius 2 is 2.00 bits per heavy atom. The van der Waals surface area contributed by atoms with E-state index in [1.54, 1.807) is 6.08 Å². The van der Waals surface area contributed by atoms with Gasteiger partial charge in [0.05, 0.1) is 5.52 Å². The smallest absolute Gasteiger partial charge is 0.248 e. The third kappa shape index (κ3) is 5.26. The number of likely N-dealkylation sites (N-methyl/N-ethyl adjacent to an activating group) is 1. The molecule has 0 atom stereocenters. The second kappa shape index (κ2) is 9.29. The molecule has 1 aromatic carbocycles. The topological polar surface area (TPSA) is 61.4 Å². The molecule has 1 heterocycles. The molecule has 0 radical (unpaired) electrons. The molecule has 6 heteroatoms. The van der Waals surface area contributed by atoms with E-state index >= 15 is 0 Å². The van der Waals surface area contributed by atoms with Gasteiger partial charge in [-0.2, -0.15) is 0 Å². The second-order valence-corrected chi connectivity index (χ2v) is 6.56. The van der Waals surface area contributed by atoms with Gasteiger partial charge in [-0.05, 0) is 52.6 Å². The first-order valence-corrected chi connectivity index (χ1v) is 9.10. The molecule has 2 rings (SSSR count). The van der Waals surface area contributed by atoms with Crippen molar-refractivity contribution in [1.29, 1.82) is 0 Å². The van der Waals surface area contributed by atoms with Crippen molar-refractivity contribution in [3.05, 3.63) is 36.2 Å². The van der Waals surface area contributed by atoms with Gasteiger partial charge < -0.3 is 15.1 Å². The van der Waals surface area contributed by atoms with Gasteiger partial charge in [0.1, 0.15) is 11.6 Å². The number of nitrogens with zero attached hydrogens (tertiary/aromatic N) is 4. The summed E-state index contributed by atoms with van der Waals surface area (Å²) in [5, 5.41) is 3.90. The van der Waals surface area contributed by atoms with Crippen LogP contribution < -0.4 is 10.2 Å². The van der Waals surface area contributed by atoms with Crippen LogP contribution in [0.3, 0.4) is 0 Å². The Balaban J connectivity index is 2.28. The molecule has 0 bridgehead atoms. The Morgan fingerprint density at radius 1 is 1.23 bits per heavy atom. The van der Waals surface area contributed by atoms with E-state index in [9.17, 15) is 4.79 Å². The van der Waals surface area contributed by atoms with Crippen LogP contribution >= 0.6 is 0 Å².